The first-order valence-electron chi connectivity index (χ1n) is 14.7. The molecule has 46 heavy (non-hydrogen) atoms. The Hall–Kier alpha value is -4.56. The third-order valence-electron chi connectivity index (χ3n) is 9.05. The predicted octanol–water partition coefficient (Wildman–Crippen LogP) is 2.13. The van der Waals surface area contributed by atoms with E-state index in [4.69, 9.17) is 14.2 Å². The van der Waals surface area contributed by atoms with Crippen molar-refractivity contribution in [1.82, 2.24) is 0 Å². The summed E-state index contributed by atoms with van der Waals surface area (Å²) < 4.78 is 18.0. The van der Waals surface area contributed by atoms with Crippen LogP contribution >= 0.6 is 0 Å². The molecule has 0 bridgehead atoms. The van der Waals surface area contributed by atoms with Gasteiger partial charge in [-0.15, -0.1) is 0 Å². The smallest absolute Gasteiger partial charge is 0.229 e. The van der Waals surface area contributed by atoms with Gasteiger partial charge < -0.3 is 60.2 Å². The molecular formula is C34H32O12. The Morgan fingerprint density at radius 3 is 1.93 bits per heavy atom. The van der Waals surface area contributed by atoms with Crippen molar-refractivity contribution in [2.45, 2.75) is 54.7 Å². The van der Waals surface area contributed by atoms with Crippen LogP contribution in [0.5, 0.6) is 34.5 Å². The van der Waals surface area contributed by atoms with Gasteiger partial charge in [0.25, 0.3) is 0 Å². The van der Waals surface area contributed by atoms with Crippen molar-refractivity contribution in [3.8, 4) is 34.5 Å². The number of aromatic hydroxyl groups is 4. The summed E-state index contributed by atoms with van der Waals surface area (Å²) >= 11 is 0. The first-order valence-corrected chi connectivity index (χ1v) is 14.7. The van der Waals surface area contributed by atoms with Gasteiger partial charge in [0.15, 0.2) is 0 Å². The third-order valence-corrected chi connectivity index (χ3v) is 9.05. The number of benzene rings is 4. The fraction of sp³-hybridized carbons (Fsp3) is 0.294. The summed E-state index contributed by atoms with van der Waals surface area (Å²) in [7, 11) is 0. The molecule has 4 aromatic carbocycles. The van der Waals surface area contributed by atoms with Gasteiger partial charge >= 0.3 is 0 Å². The molecule has 12 heteroatoms. The number of aliphatic hydroxyl groups is 5. The van der Waals surface area contributed by atoms with Gasteiger partial charge in [0.2, 0.25) is 6.29 Å². The summed E-state index contributed by atoms with van der Waals surface area (Å²) in [6, 6.07) is 18.3. The van der Waals surface area contributed by atoms with E-state index in [0.717, 1.165) is 0 Å². The molecule has 1 saturated heterocycles. The van der Waals surface area contributed by atoms with Crippen molar-refractivity contribution < 1.29 is 60.2 Å². The average Bonchev–Trinajstić information content (AvgIpc) is 3.37. The molecule has 1 aliphatic carbocycles. The Morgan fingerprint density at radius 1 is 0.630 bits per heavy atom. The Bertz CT molecular complexity index is 1760. The second-order valence-electron chi connectivity index (χ2n) is 11.8. The fourth-order valence-corrected chi connectivity index (χ4v) is 6.87. The number of phenols is 4. The summed E-state index contributed by atoms with van der Waals surface area (Å²) in [6.45, 7) is -0.652. The monoisotopic (exact) mass is 632 g/mol. The Morgan fingerprint density at radius 2 is 1.28 bits per heavy atom. The van der Waals surface area contributed by atoms with E-state index in [9.17, 15) is 46.0 Å². The van der Waals surface area contributed by atoms with Crippen molar-refractivity contribution in [2.75, 3.05) is 6.61 Å². The lowest BCUT2D eigenvalue weighted by molar-refractivity contribution is -0.277. The van der Waals surface area contributed by atoms with Gasteiger partial charge in [0.05, 0.1) is 18.6 Å². The van der Waals surface area contributed by atoms with Crippen LogP contribution in [0.3, 0.4) is 0 Å². The molecular weight excluding hydrogens is 600 g/mol. The second-order valence-corrected chi connectivity index (χ2v) is 11.8. The van der Waals surface area contributed by atoms with Crippen molar-refractivity contribution in [3.05, 3.63) is 106 Å². The highest BCUT2D eigenvalue weighted by molar-refractivity contribution is 5.65. The number of phenolic OH excluding ortho intramolecular Hbond substituents is 4. The summed E-state index contributed by atoms with van der Waals surface area (Å²) in [6.07, 6.45) is -9.80. The summed E-state index contributed by atoms with van der Waals surface area (Å²) in [4.78, 5) is 0. The Kier molecular flexibility index (Phi) is 7.43. The highest BCUT2D eigenvalue weighted by atomic mass is 16.7. The van der Waals surface area contributed by atoms with E-state index in [0.29, 0.717) is 33.4 Å². The Labute approximate surface area is 262 Å². The Balaban J connectivity index is 1.42. The molecule has 240 valence electrons. The van der Waals surface area contributed by atoms with Gasteiger partial charge in [-0.3, -0.25) is 0 Å². The number of rotatable bonds is 5. The minimum atomic E-state index is -1.69. The molecule has 7 rings (SSSR count). The molecule has 2 heterocycles. The maximum absolute atomic E-state index is 12.2. The largest absolute Gasteiger partial charge is 0.508 e. The lowest BCUT2D eigenvalue weighted by Gasteiger charge is -2.39. The van der Waals surface area contributed by atoms with Crippen molar-refractivity contribution in [1.29, 1.82) is 0 Å². The molecule has 0 unspecified atom stereocenters. The third kappa shape index (κ3) is 4.87. The SMILES string of the molecule is OC[C@@H]1O[C@H](Oc2cc3c4c(c2)[C@@H](O)[C@@H](c2ccc(O)cc2)c2c(O)cc(O)cc2[C@H]4[C@H](c2ccc(O)cc2)O3)[C@@H](O)[C@H](O)[C@H]1O. The molecule has 12 nitrogen and oxygen atoms in total. The molecule has 1 fully saturated rings. The molecule has 0 amide bonds. The van der Waals surface area contributed by atoms with Crippen LogP contribution in [-0.2, 0) is 4.74 Å². The molecule has 0 spiro atoms. The summed E-state index contributed by atoms with van der Waals surface area (Å²) in [5.41, 5.74) is 2.87. The molecule has 2 aliphatic heterocycles. The number of fused-ring (bicyclic) bond motifs is 2. The van der Waals surface area contributed by atoms with Crippen LogP contribution in [-0.4, -0.2) is 83.3 Å². The first kappa shape index (κ1) is 30.1. The van der Waals surface area contributed by atoms with Gasteiger partial charge in [0, 0.05) is 29.2 Å². The topological polar surface area (TPSA) is 210 Å². The van der Waals surface area contributed by atoms with Crippen molar-refractivity contribution >= 4 is 0 Å². The lowest BCUT2D eigenvalue weighted by Crippen LogP contribution is -2.60. The average molecular weight is 633 g/mol. The van der Waals surface area contributed by atoms with Crippen LogP contribution in [0.15, 0.2) is 72.8 Å². The van der Waals surface area contributed by atoms with Gasteiger partial charge in [0.1, 0.15) is 65.0 Å². The zero-order chi connectivity index (χ0) is 32.4. The van der Waals surface area contributed by atoms with Crippen molar-refractivity contribution in [3.63, 3.8) is 0 Å². The number of hydrogen-bond acceptors (Lipinski definition) is 12. The van der Waals surface area contributed by atoms with Crippen LogP contribution in [0.25, 0.3) is 0 Å². The molecule has 9 atom stereocenters. The number of hydrogen-bond donors (Lipinski definition) is 9. The number of aliphatic hydroxyl groups excluding tert-OH is 5. The standard InChI is InChI=1S/C34H32O12/c35-13-24-30(41)31(42)32(43)34(46-24)44-19-11-21-27-23(12-19)45-33(15-3-7-17(37)8-4-15)28(27)20-9-18(38)10-22(39)26(20)25(29(21)40)14-1-5-16(36)6-2-14/h1-12,24-25,28-43H,13H2/t24-,25-,28+,29+,30-,31+,32-,33-,34-/m0/s1. The zero-order valence-electron chi connectivity index (χ0n) is 24.1. The minimum Gasteiger partial charge on any atom is -0.508 e. The van der Waals surface area contributed by atoms with Gasteiger partial charge in [-0.2, -0.15) is 0 Å². The fourth-order valence-electron chi connectivity index (χ4n) is 6.87. The van der Waals surface area contributed by atoms with E-state index < -0.39 is 61.4 Å². The molecule has 0 aromatic heterocycles. The highest BCUT2D eigenvalue weighted by Gasteiger charge is 2.48. The quantitative estimate of drug-likeness (QED) is 0.155. The first-order chi connectivity index (χ1) is 22.0. The molecule has 0 saturated carbocycles. The minimum absolute atomic E-state index is 0.000276. The van der Waals surface area contributed by atoms with Crippen LogP contribution in [0, 0.1) is 0 Å². The predicted molar refractivity (Wildman–Crippen MR) is 159 cm³/mol. The molecule has 9 N–H and O–H groups in total. The maximum Gasteiger partial charge on any atom is 0.229 e. The number of ether oxygens (including phenoxy) is 3. The summed E-state index contributed by atoms with van der Waals surface area (Å²) in [5.74, 6) is -1.69. The van der Waals surface area contributed by atoms with E-state index in [2.05, 4.69) is 0 Å². The molecule has 0 radical (unpaired) electrons. The van der Waals surface area contributed by atoms with Crippen LogP contribution < -0.4 is 9.47 Å². The van der Waals surface area contributed by atoms with Crippen LogP contribution in [0.4, 0.5) is 0 Å². The van der Waals surface area contributed by atoms with E-state index in [-0.39, 0.29) is 34.5 Å². The normalized spacial score (nSPS) is 29.7. The second kappa shape index (κ2) is 11.4. The van der Waals surface area contributed by atoms with Crippen LogP contribution in [0.2, 0.25) is 0 Å². The van der Waals surface area contributed by atoms with Crippen molar-refractivity contribution in [2.24, 2.45) is 0 Å². The van der Waals surface area contributed by atoms with Gasteiger partial charge in [-0.05, 0) is 58.7 Å². The maximum atomic E-state index is 12.2. The zero-order valence-corrected chi connectivity index (χ0v) is 24.1. The van der Waals surface area contributed by atoms with E-state index in [1.807, 2.05) is 0 Å². The van der Waals surface area contributed by atoms with E-state index in [1.54, 1.807) is 24.3 Å². The molecule has 4 aromatic rings. The highest BCUT2D eigenvalue weighted by Crippen LogP contribution is 2.60. The summed E-state index contributed by atoms with van der Waals surface area (Å²) in [5, 5.41) is 95.0. The van der Waals surface area contributed by atoms with E-state index in [1.165, 1.54) is 48.5 Å². The van der Waals surface area contributed by atoms with E-state index >= 15 is 0 Å². The van der Waals surface area contributed by atoms with Gasteiger partial charge in [-0.25, -0.2) is 0 Å². The van der Waals surface area contributed by atoms with Crippen LogP contribution in [0.1, 0.15) is 57.4 Å². The molecule has 3 aliphatic rings. The van der Waals surface area contributed by atoms with Gasteiger partial charge in [-0.1, -0.05) is 24.3 Å². The lowest BCUT2D eigenvalue weighted by atomic mass is 9.80.